The molecule has 5 nitrogen and oxygen atoms in total. The molecule has 48 heavy (non-hydrogen) atoms. The van der Waals surface area contributed by atoms with Crippen molar-refractivity contribution in [1.29, 1.82) is 0 Å². The minimum absolute atomic E-state index is 0.0374. The molecular weight excluding hydrogens is 589 g/mol. The SMILES string of the molecule is C1=CCCC(N2c3cccc4c3B3c5c(cccc5N(c5ccccc5)c5cc(N6c7ccccc7Oc7ccccc76)cc2c53)O4)=C1. The van der Waals surface area contributed by atoms with Crippen molar-refractivity contribution in [2.24, 2.45) is 0 Å². The predicted octanol–water partition coefficient (Wildman–Crippen LogP) is 9.35. The summed E-state index contributed by atoms with van der Waals surface area (Å²) in [5, 5.41) is 0. The summed E-state index contributed by atoms with van der Waals surface area (Å²) in [6, 6.07) is 45.2. The van der Waals surface area contributed by atoms with Crippen molar-refractivity contribution in [3.63, 3.8) is 0 Å². The van der Waals surface area contributed by atoms with Gasteiger partial charge in [-0.25, -0.2) is 0 Å². The van der Waals surface area contributed by atoms with Crippen LogP contribution in [-0.4, -0.2) is 6.71 Å². The molecule has 0 spiro atoms. The highest BCUT2D eigenvalue weighted by Crippen LogP contribution is 2.54. The number of nitrogens with zero attached hydrogens (tertiary/aromatic N) is 3. The summed E-state index contributed by atoms with van der Waals surface area (Å²) in [5.41, 5.74) is 14.0. The topological polar surface area (TPSA) is 28.2 Å². The van der Waals surface area contributed by atoms with E-state index in [1.807, 2.05) is 12.1 Å². The average molecular weight is 618 g/mol. The van der Waals surface area contributed by atoms with Gasteiger partial charge in [-0.1, -0.05) is 66.7 Å². The van der Waals surface area contributed by atoms with Gasteiger partial charge in [-0.05, 0) is 108 Å². The third-order valence-electron chi connectivity index (χ3n) is 10.2. The minimum atomic E-state index is 0.0374. The number of benzene rings is 6. The maximum atomic E-state index is 6.76. The lowest BCUT2D eigenvalue weighted by atomic mass is 9.32. The van der Waals surface area contributed by atoms with Crippen LogP contribution in [0.15, 0.2) is 151 Å². The Balaban J connectivity index is 1.27. The van der Waals surface area contributed by atoms with Crippen LogP contribution in [0.2, 0.25) is 0 Å². The van der Waals surface area contributed by atoms with Gasteiger partial charge in [-0.15, -0.1) is 0 Å². The van der Waals surface area contributed by atoms with Crippen molar-refractivity contribution >= 4 is 68.6 Å². The fourth-order valence-corrected chi connectivity index (χ4v) is 8.35. The van der Waals surface area contributed by atoms with Crippen LogP contribution < -0.4 is 40.6 Å². The largest absolute Gasteiger partial charge is 0.458 e. The lowest BCUT2D eigenvalue weighted by molar-refractivity contribution is 0.477. The van der Waals surface area contributed by atoms with Crippen LogP contribution in [-0.2, 0) is 0 Å². The first-order valence-electron chi connectivity index (χ1n) is 16.6. The van der Waals surface area contributed by atoms with Gasteiger partial charge in [-0.2, -0.15) is 0 Å². The molecule has 0 amide bonds. The molecule has 0 radical (unpaired) electrons. The molecule has 6 aromatic carbocycles. The Kier molecular flexibility index (Phi) is 5.25. The van der Waals surface area contributed by atoms with Crippen LogP contribution in [0.1, 0.15) is 12.8 Å². The van der Waals surface area contributed by atoms with Gasteiger partial charge < -0.3 is 24.2 Å². The Hall–Kier alpha value is -6.14. The second-order valence-corrected chi connectivity index (χ2v) is 12.8. The molecule has 0 saturated heterocycles. The lowest BCUT2D eigenvalue weighted by Crippen LogP contribution is -2.63. The van der Waals surface area contributed by atoms with Crippen molar-refractivity contribution in [2.75, 3.05) is 14.7 Å². The fourth-order valence-electron chi connectivity index (χ4n) is 8.35. The van der Waals surface area contributed by atoms with E-state index in [1.165, 1.54) is 39.1 Å². The van der Waals surface area contributed by atoms with E-state index < -0.39 is 0 Å². The Morgan fingerprint density at radius 3 is 1.67 bits per heavy atom. The summed E-state index contributed by atoms with van der Waals surface area (Å²) in [7, 11) is 0. The molecular formula is C42H28BN3O2. The first kappa shape index (κ1) is 26.0. The highest BCUT2D eigenvalue weighted by Gasteiger charge is 2.49. The van der Waals surface area contributed by atoms with E-state index in [2.05, 4.69) is 148 Å². The van der Waals surface area contributed by atoms with Crippen LogP contribution in [0.5, 0.6) is 23.0 Å². The van der Waals surface area contributed by atoms with Crippen LogP contribution in [0, 0.1) is 0 Å². The molecule has 6 heteroatoms. The zero-order valence-electron chi connectivity index (χ0n) is 26.0. The molecule has 11 rings (SSSR count). The molecule has 0 bridgehead atoms. The van der Waals surface area contributed by atoms with Crippen LogP contribution in [0.4, 0.5) is 45.5 Å². The number of hydrogen-bond donors (Lipinski definition) is 0. The highest BCUT2D eigenvalue weighted by atomic mass is 16.5. The van der Waals surface area contributed by atoms with Gasteiger partial charge in [-0.3, -0.25) is 0 Å². The Labute approximate surface area is 279 Å². The smallest absolute Gasteiger partial charge is 0.261 e. The molecule has 5 aliphatic rings. The Morgan fingerprint density at radius 1 is 0.458 bits per heavy atom. The average Bonchev–Trinajstić information content (AvgIpc) is 3.14. The molecule has 0 atom stereocenters. The minimum Gasteiger partial charge on any atom is -0.458 e. The van der Waals surface area contributed by atoms with Crippen molar-refractivity contribution in [3.8, 4) is 23.0 Å². The first-order chi connectivity index (χ1) is 23.8. The first-order valence-corrected chi connectivity index (χ1v) is 16.6. The predicted molar refractivity (Wildman–Crippen MR) is 196 cm³/mol. The molecule has 6 aromatic rings. The summed E-state index contributed by atoms with van der Waals surface area (Å²) in [5.74, 6) is 3.54. The molecule has 0 N–H and O–H groups in total. The Bertz CT molecular complexity index is 2360. The number of rotatable bonds is 3. The fraction of sp³-hybridized carbons (Fsp3) is 0.0476. The summed E-state index contributed by atoms with van der Waals surface area (Å²) in [6.45, 7) is 0.0374. The maximum absolute atomic E-state index is 6.76. The number of para-hydroxylation sites is 5. The third-order valence-corrected chi connectivity index (χ3v) is 10.2. The monoisotopic (exact) mass is 617 g/mol. The number of allylic oxidation sites excluding steroid dienone is 4. The van der Waals surface area contributed by atoms with E-state index in [1.54, 1.807) is 0 Å². The van der Waals surface area contributed by atoms with Gasteiger partial charge in [0.05, 0.1) is 17.1 Å². The molecule has 0 aromatic heterocycles. The summed E-state index contributed by atoms with van der Waals surface area (Å²) < 4.78 is 13.2. The van der Waals surface area contributed by atoms with Gasteiger partial charge in [0.2, 0.25) is 0 Å². The van der Waals surface area contributed by atoms with Gasteiger partial charge >= 0.3 is 0 Å². The molecule has 0 fully saturated rings. The summed E-state index contributed by atoms with van der Waals surface area (Å²) >= 11 is 0. The lowest BCUT2D eigenvalue weighted by Gasteiger charge is -2.47. The number of fused-ring (bicyclic) bond motifs is 2. The Morgan fingerprint density at radius 2 is 1.00 bits per heavy atom. The maximum Gasteiger partial charge on any atom is 0.261 e. The zero-order chi connectivity index (χ0) is 31.3. The van der Waals surface area contributed by atoms with Gasteiger partial charge in [0.15, 0.2) is 11.5 Å². The quantitative estimate of drug-likeness (QED) is 0.184. The van der Waals surface area contributed by atoms with Crippen molar-refractivity contribution in [2.45, 2.75) is 12.8 Å². The van der Waals surface area contributed by atoms with E-state index in [0.29, 0.717) is 0 Å². The van der Waals surface area contributed by atoms with Crippen molar-refractivity contribution in [3.05, 3.63) is 151 Å². The molecule has 1 aliphatic carbocycles. The van der Waals surface area contributed by atoms with Crippen LogP contribution >= 0.6 is 0 Å². The number of ether oxygens (including phenoxy) is 2. The van der Waals surface area contributed by atoms with Crippen LogP contribution in [0.3, 0.4) is 0 Å². The summed E-state index contributed by atoms with van der Waals surface area (Å²) in [6.07, 6.45) is 8.70. The van der Waals surface area contributed by atoms with E-state index in [9.17, 15) is 0 Å². The van der Waals surface area contributed by atoms with Gasteiger partial charge in [0.25, 0.3) is 6.71 Å². The van der Waals surface area contributed by atoms with Gasteiger partial charge in [0.1, 0.15) is 11.5 Å². The second kappa shape index (κ2) is 9.69. The third kappa shape index (κ3) is 3.46. The van der Waals surface area contributed by atoms with Crippen molar-refractivity contribution in [1.82, 2.24) is 0 Å². The highest BCUT2D eigenvalue weighted by molar-refractivity contribution is 7.01. The normalized spacial score (nSPS) is 15.5. The second-order valence-electron chi connectivity index (χ2n) is 12.8. The van der Waals surface area contributed by atoms with Crippen molar-refractivity contribution < 1.29 is 9.47 Å². The number of anilines is 8. The molecule has 4 heterocycles. The molecule has 4 aliphatic heterocycles. The van der Waals surface area contributed by atoms with E-state index in [4.69, 9.17) is 9.47 Å². The number of hydrogen-bond acceptors (Lipinski definition) is 5. The standard InChI is InChI=1S/C42H28BN3O2/c1-3-13-27(14-4-1)44-32-19-11-23-38-41(32)43-40-34(44)25-29(46-30-17-7-9-21-36(30)47-37-22-10-8-18-31(37)46)26-35(40)45(28-15-5-2-6-16-28)33-20-12-24-39(48-38)42(33)43/h1-5,7-15,17-26H,6,16H2. The van der Waals surface area contributed by atoms with E-state index in [-0.39, 0.29) is 6.71 Å². The molecule has 226 valence electrons. The van der Waals surface area contributed by atoms with E-state index >= 15 is 0 Å². The van der Waals surface area contributed by atoms with Gasteiger partial charge in [0, 0.05) is 34.1 Å². The molecule has 0 unspecified atom stereocenters. The molecule has 0 saturated carbocycles. The zero-order valence-corrected chi connectivity index (χ0v) is 26.0. The van der Waals surface area contributed by atoms with Crippen LogP contribution in [0.25, 0.3) is 0 Å². The summed E-state index contributed by atoms with van der Waals surface area (Å²) in [4.78, 5) is 7.31. The van der Waals surface area contributed by atoms with E-state index in [0.717, 1.165) is 64.3 Å².